The number of rotatable bonds is 4. The van der Waals surface area contributed by atoms with Crippen molar-refractivity contribution < 1.29 is 18.7 Å². The highest BCUT2D eigenvalue weighted by Crippen LogP contribution is 2.39. The molecule has 1 saturated heterocycles. The molecule has 6 heteroatoms. The zero-order valence-electron chi connectivity index (χ0n) is 11.7. The van der Waals surface area contributed by atoms with Gasteiger partial charge in [-0.25, -0.2) is 4.39 Å². The lowest BCUT2D eigenvalue weighted by atomic mass is 9.85. The third-order valence-electron chi connectivity index (χ3n) is 3.69. The third kappa shape index (κ3) is 3.32. The number of hydrogen-bond acceptors (Lipinski definition) is 3. The molecule has 2 N–H and O–H groups in total. The van der Waals surface area contributed by atoms with Gasteiger partial charge in [-0.3, -0.25) is 9.59 Å². The number of nitrogens with two attached hydrogens (primary N) is 1. The number of halogens is 2. The van der Waals surface area contributed by atoms with Crippen LogP contribution in [-0.2, 0) is 9.53 Å². The van der Waals surface area contributed by atoms with Crippen LogP contribution in [0, 0.1) is 11.7 Å². The first-order valence-electron chi connectivity index (χ1n) is 6.88. The number of carbonyl (C=O) groups is 2. The standard InChI is InChI=1S/C15H17BrFNO3/c1-2-12(19)10-6-8(17)7-11(16)13(10)14-9(15(18)20)4-3-5-21-14/h6-7,9,14H,2-5H2,1H3,(H2,18,20). The van der Waals surface area contributed by atoms with Gasteiger partial charge in [0, 0.05) is 28.6 Å². The van der Waals surface area contributed by atoms with Crippen LogP contribution in [0.2, 0.25) is 0 Å². The maximum atomic E-state index is 13.6. The summed E-state index contributed by atoms with van der Waals surface area (Å²) in [6.07, 6.45) is 0.970. The molecular formula is C15H17BrFNO3. The Balaban J connectivity index is 2.55. The summed E-state index contributed by atoms with van der Waals surface area (Å²) in [6.45, 7) is 2.19. The highest BCUT2D eigenvalue weighted by Gasteiger charge is 2.35. The molecule has 114 valence electrons. The van der Waals surface area contributed by atoms with E-state index in [-0.39, 0.29) is 17.8 Å². The lowest BCUT2D eigenvalue weighted by molar-refractivity contribution is -0.131. The SMILES string of the molecule is CCC(=O)c1cc(F)cc(Br)c1C1OCCCC1C(N)=O. The highest BCUT2D eigenvalue weighted by atomic mass is 79.9. The van der Waals surface area contributed by atoms with Crippen LogP contribution in [0.3, 0.4) is 0 Å². The molecule has 0 radical (unpaired) electrons. The molecule has 2 atom stereocenters. The average Bonchev–Trinajstić information content (AvgIpc) is 2.45. The number of benzene rings is 1. The van der Waals surface area contributed by atoms with Crippen LogP contribution in [0.5, 0.6) is 0 Å². The maximum Gasteiger partial charge on any atom is 0.223 e. The second-order valence-electron chi connectivity index (χ2n) is 5.07. The molecule has 1 fully saturated rings. The monoisotopic (exact) mass is 357 g/mol. The van der Waals surface area contributed by atoms with Gasteiger partial charge in [0.15, 0.2) is 5.78 Å². The predicted molar refractivity (Wildman–Crippen MR) is 79.3 cm³/mol. The minimum absolute atomic E-state index is 0.192. The molecule has 2 rings (SSSR count). The summed E-state index contributed by atoms with van der Waals surface area (Å²) in [6, 6.07) is 2.47. The van der Waals surface area contributed by atoms with Gasteiger partial charge in [0.25, 0.3) is 0 Å². The Hall–Kier alpha value is -1.27. The van der Waals surface area contributed by atoms with Crippen molar-refractivity contribution in [2.24, 2.45) is 11.7 Å². The second-order valence-corrected chi connectivity index (χ2v) is 5.92. The van der Waals surface area contributed by atoms with Gasteiger partial charge in [0.05, 0.1) is 12.0 Å². The van der Waals surface area contributed by atoms with Gasteiger partial charge in [-0.2, -0.15) is 0 Å². The van der Waals surface area contributed by atoms with E-state index in [1.54, 1.807) is 6.92 Å². The molecule has 0 bridgehead atoms. The normalized spacial score (nSPS) is 22.0. The molecule has 2 unspecified atom stereocenters. The van der Waals surface area contributed by atoms with E-state index in [9.17, 15) is 14.0 Å². The predicted octanol–water partition coefficient (Wildman–Crippen LogP) is 3.13. The number of ether oxygens (including phenoxy) is 1. The largest absolute Gasteiger partial charge is 0.373 e. The Morgan fingerprint density at radius 3 is 2.81 bits per heavy atom. The van der Waals surface area contributed by atoms with Crippen LogP contribution in [0.4, 0.5) is 4.39 Å². The smallest absolute Gasteiger partial charge is 0.223 e. The first-order chi connectivity index (χ1) is 9.95. The Bertz CT molecular complexity index is 576. The molecule has 0 aromatic heterocycles. The zero-order valence-corrected chi connectivity index (χ0v) is 13.3. The van der Waals surface area contributed by atoms with Crippen molar-refractivity contribution in [3.63, 3.8) is 0 Å². The number of Topliss-reactive ketones (excluding diaryl/α,β-unsaturated/α-hetero) is 1. The minimum Gasteiger partial charge on any atom is -0.373 e. The zero-order chi connectivity index (χ0) is 15.6. The van der Waals surface area contributed by atoms with Crippen molar-refractivity contribution in [1.29, 1.82) is 0 Å². The number of amides is 1. The molecule has 0 spiro atoms. The maximum absolute atomic E-state index is 13.6. The van der Waals surface area contributed by atoms with Crippen LogP contribution in [-0.4, -0.2) is 18.3 Å². The first kappa shape index (κ1) is 16.1. The number of hydrogen-bond donors (Lipinski definition) is 1. The van der Waals surface area contributed by atoms with E-state index >= 15 is 0 Å². The van der Waals surface area contributed by atoms with E-state index in [0.29, 0.717) is 23.1 Å². The van der Waals surface area contributed by atoms with Crippen LogP contribution in [0.1, 0.15) is 48.2 Å². The van der Waals surface area contributed by atoms with E-state index in [1.807, 2.05) is 0 Å². The Kier molecular flexibility index (Phi) is 5.11. The lowest BCUT2D eigenvalue weighted by Crippen LogP contribution is -2.34. The van der Waals surface area contributed by atoms with Gasteiger partial charge < -0.3 is 10.5 Å². The molecule has 1 heterocycles. The summed E-state index contributed by atoms with van der Waals surface area (Å²) in [5.41, 5.74) is 6.21. The molecular weight excluding hydrogens is 341 g/mol. The van der Waals surface area contributed by atoms with Crippen LogP contribution < -0.4 is 5.73 Å². The molecule has 1 aliphatic rings. The Labute approximate surface area is 131 Å². The summed E-state index contributed by atoms with van der Waals surface area (Å²) in [5.74, 6) is -1.67. The summed E-state index contributed by atoms with van der Waals surface area (Å²) in [4.78, 5) is 23.7. The van der Waals surface area contributed by atoms with Gasteiger partial charge in [-0.1, -0.05) is 22.9 Å². The van der Waals surface area contributed by atoms with Crippen LogP contribution in [0.15, 0.2) is 16.6 Å². The van der Waals surface area contributed by atoms with E-state index in [0.717, 1.165) is 6.42 Å². The van der Waals surface area contributed by atoms with Gasteiger partial charge in [-0.05, 0) is 25.0 Å². The lowest BCUT2D eigenvalue weighted by Gasteiger charge is -2.31. The number of primary amides is 1. The van der Waals surface area contributed by atoms with E-state index < -0.39 is 23.7 Å². The number of carbonyl (C=O) groups excluding carboxylic acids is 2. The molecule has 1 aromatic carbocycles. The van der Waals surface area contributed by atoms with Crippen molar-refractivity contribution in [1.82, 2.24) is 0 Å². The molecule has 0 aliphatic carbocycles. The second kappa shape index (κ2) is 6.66. The molecule has 4 nitrogen and oxygen atoms in total. The molecule has 1 aliphatic heterocycles. The summed E-state index contributed by atoms with van der Waals surface area (Å²) in [5, 5.41) is 0. The third-order valence-corrected chi connectivity index (χ3v) is 4.34. The van der Waals surface area contributed by atoms with Gasteiger partial charge in [-0.15, -0.1) is 0 Å². The first-order valence-corrected chi connectivity index (χ1v) is 7.68. The summed E-state index contributed by atoms with van der Waals surface area (Å²) >= 11 is 3.28. The van der Waals surface area contributed by atoms with Gasteiger partial charge in [0.1, 0.15) is 5.82 Å². The fraction of sp³-hybridized carbons (Fsp3) is 0.467. The topological polar surface area (TPSA) is 69.4 Å². The number of ketones is 1. The Morgan fingerprint density at radius 1 is 1.48 bits per heavy atom. The summed E-state index contributed by atoms with van der Waals surface area (Å²) in [7, 11) is 0. The van der Waals surface area contributed by atoms with E-state index in [2.05, 4.69) is 15.9 Å². The van der Waals surface area contributed by atoms with Crippen molar-refractivity contribution in [2.75, 3.05) is 6.61 Å². The quantitative estimate of drug-likeness (QED) is 0.841. The van der Waals surface area contributed by atoms with Crippen molar-refractivity contribution in [3.05, 3.63) is 33.5 Å². The minimum atomic E-state index is -0.614. The van der Waals surface area contributed by atoms with Gasteiger partial charge in [0.2, 0.25) is 5.91 Å². The van der Waals surface area contributed by atoms with Crippen molar-refractivity contribution in [3.8, 4) is 0 Å². The molecule has 0 saturated carbocycles. The fourth-order valence-corrected chi connectivity index (χ4v) is 3.31. The fourth-order valence-electron chi connectivity index (χ4n) is 2.65. The average molecular weight is 358 g/mol. The highest BCUT2D eigenvalue weighted by molar-refractivity contribution is 9.10. The molecule has 1 amide bonds. The van der Waals surface area contributed by atoms with E-state index in [1.165, 1.54) is 12.1 Å². The van der Waals surface area contributed by atoms with Crippen LogP contribution in [0.25, 0.3) is 0 Å². The van der Waals surface area contributed by atoms with E-state index in [4.69, 9.17) is 10.5 Å². The van der Waals surface area contributed by atoms with Gasteiger partial charge >= 0.3 is 0 Å². The van der Waals surface area contributed by atoms with Crippen molar-refractivity contribution in [2.45, 2.75) is 32.3 Å². The molecule has 21 heavy (non-hydrogen) atoms. The van der Waals surface area contributed by atoms with Crippen LogP contribution >= 0.6 is 15.9 Å². The summed E-state index contributed by atoms with van der Waals surface area (Å²) < 4.78 is 19.7. The molecule has 1 aromatic rings. The van der Waals surface area contributed by atoms with Crippen molar-refractivity contribution >= 4 is 27.6 Å². The Morgan fingerprint density at radius 2 is 2.19 bits per heavy atom.